The third kappa shape index (κ3) is 4.34. The molecule has 140 valence electrons. The maximum atomic E-state index is 13.4. The Balaban J connectivity index is 2.51. The Kier molecular flexibility index (Phi) is 6.60. The first kappa shape index (κ1) is 20.2. The van der Waals surface area contributed by atoms with E-state index in [2.05, 4.69) is 81.2 Å². The summed E-state index contributed by atoms with van der Waals surface area (Å²) in [6, 6.07) is 12.8. The van der Waals surface area contributed by atoms with E-state index < -0.39 is 0 Å². The second-order valence-corrected chi connectivity index (χ2v) is 7.60. The van der Waals surface area contributed by atoms with Crippen LogP contribution in [0.4, 0.5) is 0 Å². The van der Waals surface area contributed by atoms with Crippen molar-refractivity contribution in [1.29, 1.82) is 0 Å². The van der Waals surface area contributed by atoms with Crippen LogP contribution in [0, 0.1) is 27.7 Å². The van der Waals surface area contributed by atoms with Crippen molar-refractivity contribution in [3.05, 3.63) is 69.8 Å². The van der Waals surface area contributed by atoms with Crippen LogP contribution in [0.25, 0.3) is 0 Å². The van der Waals surface area contributed by atoms with Gasteiger partial charge >= 0.3 is 0 Å². The molecule has 2 aromatic rings. The fourth-order valence-corrected chi connectivity index (χ4v) is 3.50. The third-order valence-corrected chi connectivity index (χ3v) is 5.38. The van der Waals surface area contributed by atoms with Crippen LogP contribution in [0.2, 0.25) is 0 Å². The molecule has 0 saturated heterocycles. The van der Waals surface area contributed by atoms with Gasteiger partial charge in [0.1, 0.15) is 0 Å². The first-order valence-corrected chi connectivity index (χ1v) is 9.30. The van der Waals surface area contributed by atoms with Gasteiger partial charge in [-0.05, 0) is 82.1 Å². The Morgan fingerprint density at radius 2 is 1.27 bits per heavy atom. The maximum Gasteiger partial charge on any atom is 0.232 e. The highest BCUT2D eigenvalue weighted by molar-refractivity contribution is 5.88. The van der Waals surface area contributed by atoms with Gasteiger partial charge in [-0.15, -0.1) is 0 Å². The first-order chi connectivity index (χ1) is 12.2. The van der Waals surface area contributed by atoms with Crippen LogP contribution in [-0.2, 0) is 4.79 Å². The van der Waals surface area contributed by atoms with E-state index in [9.17, 15) is 4.79 Å². The molecule has 0 aliphatic rings. The fraction of sp³-hybridized carbons (Fsp3) is 0.435. The van der Waals surface area contributed by atoms with Gasteiger partial charge in [0.05, 0.1) is 5.92 Å². The minimum atomic E-state index is -0.285. The van der Waals surface area contributed by atoms with Gasteiger partial charge in [-0.1, -0.05) is 36.4 Å². The highest BCUT2D eigenvalue weighted by atomic mass is 16.1. The summed E-state index contributed by atoms with van der Waals surface area (Å²) in [4.78, 5) is 15.5. The molecule has 26 heavy (non-hydrogen) atoms. The number of hydrogen-bond donors (Lipinski definition) is 1. The molecule has 0 saturated carbocycles. The molecule has 0 fully saturated rings. The van der Waals surface area contributed by atoms with Crippen molar-refractivity contribution in [2.75, 3.05) is 20.6 Å². The van der Waals surface area contributed by atoms with Crippen molar-refractivity contribution >= 4 is 5.91 Å². The number of amides is 1. The van der Waals surface area contributed by atoms with E-state index >= 15 is 0 Å². The van der Waals surface area contributed by atoms with Gasteiger partial charge in [-0.3, -0.25) is 4.79 Å². The second kappa shape index (κ2) is 8.50. The smallest absolute Gasteiger partial charge is 0.232 e. The van der Waals surface area contributed by atoms with Crippen molar-refractivity contribution in [2.45, 2.75) is 46.6 Å². The van der Waals surface area contributed by atoms with E-state index in [-0.39, 0.29) is 17.9 Å². The number of likely N-dealkylation sites (N-methyl/N-ethyl adjacent to an activating group) is 1. The number of hydrogen-bond acceptors (Lipinski definition) is 2. The molecule has 3 nitrogen and oxygen atoms in total. The average Bonchev–Trinajstić information content (AvgIpc) is 2.57. The molecule has 2 aromatic carbocycles. The van der Waals surface area contributed by atoms with Crippen molar-refractivity contribution < 1.29 is 4.79 Å². The van der Waals surface area contributed by atoms with E-state index in [0.717, 1.165) is 33.4 Å². The Labute approximate surface area is 158 Å². The fourth-order valence-electron chi connectivity index (χ4n) is 3.50. The van der Waals surface area contributed by atoms with E-state index in [0.29, 0.717) is 6.54 Å². The van der Waals surface area contributed by atoms with E-state index in [4.69, 9.17) is 0 Å². The Bertz CT molecular complexity index is 688. The van der Waals surface area contributed by atoms with Crippen molar-refractivity contribution in [3.63, 3.8) is 0 Å². The zero-order valence-electron chi connectivity index (χ0n) is 17.2. The molecule has 1 amide bonds. The van der Waals surface area contributed by atoms with E-state index in [1.165, 1.54) is 0 Å². The molecule has 0 spiro atoms. The van der Waals surface area contributed by atoms with Gasteiger partial charge < -0.3 is 10.2 Å². The van der Waals surface area contributed by atoms with Gasteiger partial charge in [0.2, 0.25) is 5.91 Å². The summed E-state index contributed by atoms with van der Waals surface area (Å²) in [6.07, 6.45) is 0. The van der Waals surface area contributed by atoms with Gasteiger partial charge in [-0.2, -0.15) is 0 Å². The van der Waals surface area contributed by atoms with Crippen LogP contribution in [0.15, 0.2) is 36.4 Å². The van der Waals surface area contributed by atoms with Gasteiger partial charge in [0.15, 0.2) is 0 Å². The molecular formula is C23H32N2O. The summed E-state index contributed by atoms with van der Waals surface area (Å²) < 4.78 is 0. The number of aryl methyl sites for hydroxylation is 4. The monoisotopic (exact) mass is 352 g/mol. The normalized spacial score (nSPS) is 12.5. The summed E-state index contributed by atoms with van der Waals surface area (Å²) in [5.74, 6) is -0.208. The van der Waals surface area contributed by atoms with Gasteiger partial charge in [-0.25, -0.2) is 0 Å². The number of nitrogens with zero attached hydrogens (tertiary/aromatic N) is 1. The number of nitrogens with one attached hydrogen (secondary N) is 1. The summed E-state index contributed by atoms with van der Waals surface area (Å²) in [6.45, 7) is 11.1. The van der Waals surface area contributed by atoms with Crippen LogP contribution >= 0.6 is 0 Å². The standard InChI is InChI=1S/C23H32N2O/c1-15-10-8-11-16(2)20(15)22(21-17(3)12-9-13-18(21)4)23(26)24-14-19(5)25(6)7/h8-13,19,22H,14H2,1-7H3,(H,24,26). The first-order valence-electron chi connectivity index (χ1n) is 9.30. The molecule has 3 heteroatoms. The minimum absolute atomic E-state index is 0.0773. The highest BCUT2D eigenvalue weighted by Crippen LogP contribution is 2.34. The number of rotatable bonds is 6. The molecule has 0 heterocycles. The lowest BCUT2D eigenvalue weighted by Crippen LogP contribution is -2.40. The summed E-state index contributed by atoms with van der Waals surface area (Å²) in [5, 5.41) is 3.19. The summed E-state index contributed by atoms with van der Waals surface area (Å²) >= 11 is 0. The molecule has 1 N–H and O–H groups in total. The van der Waals surface area contributed by atoms with Crippen LogP contribution in [0.5, 0.6) is 0 Å². The highest BCUT2D eigenvalue weighted by Gasteiger charge is 2.28. The Morgan fingerprint density at radius 3 is 1.62 bits per heavy atom. The van der Waals surface area contributed by atoms with Crippen LogP contribution < -0.4 is 5.32 Å². The van der Waals surface area contributed by atoms with Crippen LogP contribution in [0.1, 0.15) is 46.2 Å². The zero-order valence-corrected chi connectivity index (χ0v) is 17.2. The topological polar surface area (TPSA) is 32.3 Å². The molecule has 0 aromatic heterocycles. The lowest BCUT2D eigenvalue weighted by Gasteiger charge is -2.26. The molecule has 0 aliphatic heterocycles. The third-order valence-electron chi connectivity index (χ3n) is 5.38. The van der Waals surface area contributed by atoms with E-state index in [1.807, 2.05) is 14.1 Å². The average molecular weight is 353 g/mol. The second-order valence-electron chi connectivity index (χ2n) is 7.60. The van der Waals surface area contributed by atoms with Crippen molar-refractivity contribution in [3.8, 4) is 0 Å². The zero-order chi connectivity index (χ0) is 19.4. The number of carbonyl (C=O) groups is 1. The SMILES string of the molecule is Cc1cccc(C)c1C(C(=O)NCC(C)N(C)C)c1c(C)cccc1C. The molecule has 1 unspecified atom stereocenters. The largest absolute Gasteiger partial charge is 0.354 e. The number of benzene rings is 2. The molecule has 1 atom stereocenters. The maximum absolute atomic E-state index is 13.4. The van der Waals surface area contributed by atoms with Crippen LogP contribution in [0.3, 0.4) is 0 Å². The van der Waals surface area contributed by atoms with Crippen LogP contribution in [-0.4, -0.2) is 37.5 Å². The molecule has 0 aliphatic carbocycles. The molecular weight excluding hydrogens is 320 g/mol. The quantitative estimate of drug-likeness (QED) is 0.848. The molecule has 2 rings (SSSR count). The predicted octanol–water partition coefficient (Wildman–Crippen LogP) is 4.12. The van der Waals surface area contributed by atoms with Gasteiger partial charge in [0, 0.05) is 12.6 Å². The number of carbonyl (C=O) groups excluding carboxylic acids is 1. The van der Waals surface area contributed by atoms with Crippen molar-refractivity contribution in [1.82, 2.24) is 10.2 Å². The molecule has 0 radical (unpaired) electrons. The lowest BCUT2D eigenvalue weighted by atomic mass is 9.81. The lowest BCUT2D eigenvalue weighted by molar-refractivity contribution is -0.121. The Hall–Kier alpha value is -2.13. The summed E-state index contributed by atoms with van der Waals surface area (Å²) in [7, 11) is 4.07. The van der Waals surface area contributed by atoms with Gasteiger partial charge in [0.25, 0.3) is 0 Å². The molecule has 0 bridgehead atoms. The van der Waals surface area contributed by atoms with Crippen molar-refractivity contribution in [2.24, 2.45) is 0 Å². The summed E-state index contributed by atoms with van der Waals surface area (Å²) in [5.41, 5.74) is 6.89. The van der Waals surface area contributed by atoms with E-state index in [1.54, 1.807) is 0 Å². The predicted molar refractivity (Wildman–Crippen MR) is 110 cm³/mol. The minimum Gasteiger partial charge on any atom is -0.354 e. The Morgan fingerprint density at radius 1 is 0.885 bits per heavy atom.